The molecule has 0 spiro atoms. The number of rotatable bonds is 6. The molecule has 0 unspecified atom stereocenters. The Balaban J connectivity index is 2.47. The first-order valence-electron chi connectivity index (χ1n) is 5.02. The highest BCUT2D eigenvalue weighted by Gasteiger charge is 2.06. The Bertz CT molecular complexity index is 321. The summed E-state index contributed by atoms with van der Waals surface area (Å²) in [5, 5.41) is 4.82. The number of hydrogen-bond acceptors (Lipinski definition) is 2. The molecule has 0 bridgehead atoms. The highest BCUT2D eigenvalue weighted by atomic mass is 35.5. The molecular weight excluding hydrogens is 268 g/mol. The van der Waals surface area contributed by atoms with Gasteiger partial charge in [-0.1, -0.05) is 34.8 Å². The molecule has 0 fully saturated rings. The van der Waals surface area contributed by atoms with E-state index in [-0.39, 0.29) is 0 Å². The fraction of sp³-hybridized carbons (Fsp3) is 0.455. The number of unbranched alkanes of at least 4 members (excludes halogenated alkanes) is 1. The second kappa shape index (κ2) is 7.23. The average molecular weight is 283 g/mol. The minimum absolute atomic E-state index is 0.542. The summed E-state index contributed by atoms with van der Waals surface area (Å²) in [7, 11) is 1.69. The van der Waals surface area contributed by atoms with E-state index >= 15 is 0 Å². The maximum Gasteiger partial charge on any atom is 0.0720 e. The number of anilines is 1. The van der Waals surface area contributed by atoms with Crippen molar-refractivity contribution in [3.63, 3.8) is 0 Å². The molecule has 0 aliphatic heterocycles. The third-order valence-corrected chi connectivity index (χ3v) is 2.90. The van der Waals surface area contributed by atoms with Gasteiger partial charge in [0.25, 0.3) is 0 Å². The fourth-order valence-electron chi connectivity index (χ4n) is 1.30. The summed E-state index contributed by atoms with van der Waals surface area (Å²) in [4.78, 5) is 0. The van der Waals surface area contributed by atoms with Gasteiger partial charge in [-0.05, 0) is 25.0 Å². The van der Waals surface area contributed by atoms with Crippen molar-refractivity contribution in [1.82, 2.24) is 0 Å². The molecule has 1 aromatic rings. The molecule has 2 nitrogen and oxygen atoms in total. The summed E-state index contributed by atoms with van der Waals surface area (Å²) < 4.78 is 4.96. The quantitative estimate of drug-likeness (QED) is 0.777. The minimum atomic E-state index is 0.542. The van der Waals surface area contributed by atoms with E-state index in [1.165, 1.54) is 0 Å². The van der Waals surface area contributed by atoms with Gasteiger partial charge in [0.05, 0.1) is 15.7 Å². The topological polar surface area (TPSA) is 21.3 Å². The predicted octanol–water partition coefficient (Wildman–Crippen LogP) is 4.49. The van der Waals surface area contributed by atoms with E-state index in [1.54, 1.807) is 19.2 Å². The molecule has 1 rings (SSSR count). The first-order chi connectivity index (χ1) is 7.65. The average Bonchev–Trinajstić information content (AvgIpc) is 2.20. The van der Waals surface area contributed by atoms with Crippen LogP contribution < -0.4 is 5.32 Å². The van der Waals surface area contributed by atoms with Crippen molar-refractivity contribution in [2.24, 2.45) is 0 Å². The molecular formula is C11H14Cl3NO. The fourth-order valence-corrected chi connectivity index (χ4v) is 2.25. The smallest absolute Gasteiger partial charge is 0.0720 e. The van der Waals surface area contributed by atoms with Crippen LogP contribution in [0.3, 0.4) is 0 Å². The van der Waals surface area contributed by atoms with Crippen molar-refractivity contribution in [2.45, 2.75) is 12.8 Å². The summed E-state index contributed by atoms with van der Waals surface area (Å²) in [5.41, 5.74) is 0.741. The Labute approximate surface area is 111 Å². The lowest BCUT2D eigenvalue weighted by molar-refractivity contribution is 0.194. The van der Waals surface area contributed by atoms with Crippen molar-refractivity contribution >= 4 is 40.5 Å². The Morgan fingerprint density at radius 2 is 1.75 bits per heavy atom. The maximum absolute atomic E-state index is 6.02. The van der Waals surface area contributed by atoms with Crippen LogP contribution in [0.4, 0.5) is 5.69 Å². The van der Waals surface area contributed by atoms with E-state index in [4.69, 9.17) is 39.5 Å². The third-order valence-electron chi connectivity index (χ3n) is 2.08. The Morgan fingerprint density at radius 1 is 1.12 bits per heavy atom. The van der Waals surface area contributed by atoms with E-state index in [1.807, 2.05) is 0 Å². The number of halogens is 3. The Hall–Kier alpha value is -0.150. The molecule has 0 heterocycles. The number of nitrogens with one attached hydrogen (secondary N) is 1. The maximum atomic E-state index is 6.02. The molecule has 16 heavy (non-hydrogen) atoms. The van der Waals surface area contributed by atoms with Crippen LogP contribution in [0, 0.1) is 0 Å². The number of ether oxygens (including phenoxy) is 1. The van der Waals surface area contributed by atoms with E-state index in [0.29, 0.717) is 15.1 Å². The molecule has 1 aromatic carbocycles. The molecule has 0 aromatic heterocycles. The zero-order valence-corrected chi connectivity index (χ0v) is 11.3. The molecule has 90 valence electrons. The van der Waals surface area contributed by atoms with Gasteiger partial charge in [0.1, 0.15) is 0 Å². The van der Waals surface area contributed by atoms with Crippen molar-refractivity contribution in [1.29, 1.82) is 0 Å². The number of benzene rings is 1. The Morgan fingerprint density at radius 3 is 2.31 bits per heavy atom. The summed E-state index contributed by atoms with van der Waals surface area (Å²) in [5.74, 6) is 0. The summed E-state index contributed by atoms with van der Waals surface area (Å²) in [6.45, 7) is 1.58. The summed E-state index contributed by atoms with van der Waals surface area (Å²) in [6, 6.07) is 3.35. The first-order valence-corrected chi connectivity index (χ1v) is 6.16. The van der Waals surface area contributed by atoms with E-state index < -0.39 is 0 Å². The standard InChI is InChI=1S/C11H14Cl3NO/c1-16-5-3-2-4-15-11-9(13)6-8(12)7-10(11)14/h6-7,15H,2-5H2,1H3. The molecule has 0 aliphatic carbocycles. The Kier molecular flexibility index (Phi) is 6.29. The van der Waals surface area contributed by atoms with Gasteiger partial charge in [0.15, 0.2) is 0 Å². The highest BCUT2D eigenvalue weighted by Crippen LogP contribution is 2.33. The minimum Gasteiger partial charge on any atom is -0.385 e. The first kappa shape index (κ1) is 13.9. The lowest BCUT2D eigenvalue weighted by Crippen LogP contribution is -2.04. The zero-order valence-electron chi connectivity index (χ0n) is 9.03. The third kappa shape index (κ3) is 4.38. The molecule has 0 saturated carbocycles. The van der Waals surface area contributed by atoms with E-state index in [0.717, 1.165) is 31.7 Å². The predicted molar refractivity (Wildman–Crippen MR) is 71.1 cm³/mol. The van der Waals surface area contributed by atoms with Crippen LogP contribution in [-0.4, -0.2) is 20.3 Å². The molecule has 0 aliphatic rings. The molecule has 0 radical (unpaired) electrons. The summed E-state index contributed by atoms with van der Waals surface area (Å²) in [6.07, 6.45) is 2.01. The van der Waals surface area contributed by atoms with Gasteiger partial charge >= 0.3 is 0 Å². The second-order valence-corrected chi connectivity index (χ2v) is 4.62. The summed E-state index contributed by atoms with van der Waals surface area (Å²) >= 11 is 17.8. The molecule has 0 atom stereocenters. The lowest BCUT2D eigenvalue weighted by Gasteiger charge is -2.10. The van der Waals surface area contributed by atoms with Crippen molar-refractivity contribution in [2.75, 3.05) is 25.6 Å². The van der Waals surface area contributed by atoms with Crippen molar-refractivity contribution in [3.05, 3.63) is 27.2 Å². The second-order valence-electron chi connectivity index (χ2n) is 3.37. The molecule has 0 amide bonds. The molecule has 5 heteroatoms. The van der Waals surface area contributed by atoms with E-state index in [9.17, 15) is 0 Å². The molecule has 1 N–H and O–H groups in total. The van der Waals surface area contributed by atoms with Gasteiger partial charge in [-0.25, -0.2) is 0 Å². The normalized spacial score (nSPS) is 10.5. The molecule has 0 saturated heterocycles. The SMILES string of the molecule is COCCCCNc1c(Cl)cc(Cl)cc1Cl. The largest absolute Gasteiger partial charge is 0.385 e. The van der Waals surface area contributed by atoms with Crippen molar-refractivity contribution in [3.8, 4) is 0 Å². The van der Waals surface area contributed by atoms with Gasteiger partial charge in [0.2, 0.25) is 0 Å². The zero-order chi connectivity index (χ0) is 12.0. The van der Waals surface area contributed by atoms with Crippen LogP contribution in [0.15, 0.2) is 12.1 Å². The van der Waals surface area contributed by atoms with Gasteiger partial charge < -0.3 is 10.1 Å². The van der Waals surface area contributed by atoms with Crippen LogP contribution in [-0.2, 0) is 4.74 Å². The monoisotopic (exact) mass is 281 g/mol. The number of hydrogen-bond donors (Lipinski definition) is 1. The van der Waals surface area contributed by atoms with Crippen molar-refractivity contribution < 1.29 is 4.74 Å². The van der Waals surface area contributed by atoms with Gasteiger partial charge in [-0.3, -0.25) is 0 Å². The van der Waals surface area contributed by atoms with Gasteiger partial charge in [0, 0.05) is 25.3 Å². The van der Waals surface area contributed by atoms with Crippen LogP contribution in [0.1, 0.15) is 12.8 Å². The number of methoxy groups -OCH3 is 1. The van der Waals surface area contributed by atoms with Gasteiger partial charge in [-0.2, -0.15) is 0 Å². The van der Waals surface area contributed by atoms with E-state index in [2.05, 4.69) is 5.32 Å². The lowest BCUT2D eigenvalue weighted by atomic mass is 10.3. The highest BCUT2D eigenvalue weighted by molar-refractivity contribution is 6.41. The van der Waals surface area contributed by atoms with Crippen LogP contribution in [0.25, 0.3) is 0 Å². The van der Waals surface area contributed by atoms with Crippen LogP contribution >= 0.6 is 34.8 Å². The van der Waals surface area contributed by atoms with Crippen LogP contribution in [0.2, 0.25) is 15.1 Å². The van der Waals surface area contributed by atoms with Crippen LogP contribution in [0.5, 0.6) is 0 Å². The van der Waals surface area contributed by atoms with Gasteiger partial charge in [-0.15, -0.1) is 0 Å².